The lowest BCUT2D eigenvalue weighted by atomic mass is 9.67. The molecule has 2 heteroatoms. The highest BCUT2D eigenvalue weighted by Gasteiger charge is 2.31. The zero-order valence-corrected chi connectivity index (χ0v) is 22.1. The average molecular weight is 429 g/mol. The Hall–Kier alpha value is -1.28. The van der Waals surface area contributed by atoms with Gasteiger partial charge < -0.3 is 10.6 Å². The van der Waals surface area contributed by atoms with E-state index in [4.69, 9.17) is 0 Å². The summed E-state index contributed by atoms with van der Waals surface area (Å²) in [6.45, 7) is 24.8. The first-order valence-electron chi connectivity index (χ1n) is 12.9. The highest BCUT2D eigenvalue weighted by atomic mass is 14.9. The quantitative estimate of drug-likeness (QED) is 0.203. The molecule has 2 N–H and O–H groups in total. The molecule has 1 rings (SSSR count). The molecule has 1 unspecified atom stereocenters. The van der Waals surface area contributed by atoms with Gasteiger partial charge in [-0.25, -0.2) is 0 Å². The predicted octanol–water partition coefficient (Wildman–Crippen LogP) is 8.09. The van der Waals surface area contributed by atoms with Crippen molar-refractivity contribution in [3.05, 3.63) is 46.7 Å². The second kappa shape index (κ2) is 14.0. The van der Waals surface area contributed by atoms with Crippen LogP contribution < -0.4 is 10.6 Å². The van der Waals surface area contributed by atoms with E-state index in [-0.39, 0.29) is 0 Å². The summed E-state index contributed by atoms with van der Waals surface area (Å²) in [5.74, 6) is 0.571. The monoisotopic (exact) mass is 428 g/mol. The summed E-state index contributed by atoms with van der Waals surface area (Å²) >= 11 is 0. The SMILES string of the molecule is C=C(NC(CCNCC)C(C)C)C(=C(C)C)/C(=C/C(=C\CC)CCC1(C)CCC1)CC. The van der Waals surface area contributed by atoms with Crippen molar-refractivity contribution in [1.29, 1.82) is 0 Å². The standard InChI is InChI=1S/C29H52N2/c1-10-14-25(15-19-29(9)17-13-18-29)21-26(11-2)28(23(6)7)24(8)31-27(22(4)5)16-20-30-12-3/h14,21-22,27,30-31H,8,10-13,15-20H2,1-7,9H3/b25-14-,26-21+. The fraction of sp³-hybridized carbons (Fsp3) is 0.724. The van der Waals surface area contributed by atoms with Gasteiger partial charge >= 0.3 is 0 Å². The van der Waals surface area contributed by atoms with E-state index in [9.17, 15) is 0 Å². The van der Waals surface area contributed by atoms with Gasteiger partial charge in [-0.2, -0.15) is 0 Å². The van der Waals surface area contributed by atoms with Crippen LogP contribution in [0, 0.1) is 11.3 Å². The topological polar surface area (TPSA) is 24.1 Å². The number of hydrogen-bond acceptors (Lipinski definition) is 2. The Bertz CT molecular complexity index is 640. The molecule has 1 fully saturated rings. The molecule has 0 bridgehead atoms. The maximum atomic E-state index is 4.51. The summed E-state index contributed by atoms with van der Waals surface area (Å²) in [5.41, 5.74) is 7.27. The van der Waals surface area contributed by atoms with E-state index in [1.807, 2.05) is 0 Å². The van der Waals surface area contributed by atoms with Crippen molar-refractivity contribution < 1.29 is 0 Å². The molecular weight excluding hydrogens is 376 g/mol. The van der Waals surface area contributed by atoms with E-state index in [2.05, 4.69) is 84.8 Å². The molecule has 0 aliphatic heterocycles. The fourth-order valence-corrected chi connectivity index (χ4v) is 4.67. The summed E-state index contributed by atoms with van der Waals surface area (Å²) in [4.78, 5) is 0. The van der Waals surface area contributed by atoms with E-state index in [1.165, 1.54) is 54.4 Å². The van der Waals surface area contributed by atoms with E-state index >= 15 is 0 Å². The van der Waals surface area contributed by atoms with Gasteiger partial charge in [-0.05, 0) is 94.4 Å². The summed E-state index contributed by atoms with van der Waals surface area (Å²) in [6, 6.07) is 0.434. The second-order valence-electron chi connectivity index (χ2n) is 10.4. The highest BCUT2D eigenvalue weighted by molar-refractivity contribution is 5.49. The highest BCUT2D eigenvalue weighted by Crippen LogP contribution is 2.45. The van der Waals surface area contributed by atoms with Gasteiger partial charge in [-0.15, -0.1) is 0 Å². The number of hydrogen-bond donors (Lipinski definition) is 2. The minimum Gasteiger partial charge on any atom is -0.382 e. The maximum absolute atomic E-state index is 4.51. The van der Waals surface area contributed by atoms with Crippen molar-refractivity contribution in [2.24, 2.45) is 11.3 Å². The Morgan fingerprint density at radius 3 is 2.26 bits per heavy atom. The van der Waals surface area contributed by atoms with Gasteiger partial charge in [-0.3, -0.25) is 0 Å². The van der Waals surface area contributed by atoms with Gasteiger partial charge in [0, 0.05) is 11.7 Å². The Kier molecular flexibility index (Phi) is 12.5. The van der Waals surface area contributed by atoms with Crippen molar-refractivity contribution in [1.82, 2.24) is 10.6 Å². The van der Waals surface area contributed by atoms with Crippen molar-refractivity contribution in [2.75, 3.05) is 13.1 Å². The minimum atomic E-state index is 0.434. The second-order valence-corrected chi connectivity index (χ2v) is 10.4. The summed E-state index contributed by atoms with van der Waals surface area (Å²) in [6.07, 6.45) is 14.9. The third kappa shape index (κ3) is 9.39. The molecule has 1 aliphatic carbocycles. The van der Waals surface area contributed by atoms with Gasteiger partial charge in [0.1, 0.15) is 0 Å². The zero-order valence-electron chi connectivity index (χ0n) is 22.1. The summed E-state index contributed by atoms with van der Waals surface area (Å²) < 4.78 is 0. The largest absolute Gasteiger partial charge is 0.382 e. The minimum absolute atomic E-state index is 0.434. The van der Waals surface area contributed by atoms with Crippen molar-refractivity contribution >= 4 is 0 Å². The molecule has 1 saturated carbocycles. The van der Waals surface area contributed by atoms with Crippen LogP contribution >= 0.6 is 0 Å². The van der Waals surface area contributed by atoms with Crippen LogP contribution in [-0.4, -0.2) is 19.1 Å². The van der Waals surface area contributed by atoms with E-state index < -0.39 is 0 Å². The summed E-state index contributed by atoms with van der Waals surface area (Å²) in [5, 5.41) is 7.27. The normalized spacial score (nSPS) is 17.3. The van der Waals surface area contributed by atoms with Crippen LogP contribution in [0.15, 0.2) is 46.7 Å². The van der Waals surface area contributed by atoms with Crippen LogP contribution in [0.5, 0.6) is 0 Å². The van der Waals surface area contributed by atoms with Crippen LogP contribution in [0.2, 0.25) is 0 Å². The first-order chi connectivity index (χ1) is 14.7. The first kappa shape index (κ1) is 27.8. The molecule has 31 heavy (non-hydrogen) atoms. The Balaban J connectivity index is 3.02. The lowest BCUT2D eigenvalue weighted by molar-refractivity contribution is 0.147. The van der Waals surface area contributed by atoms with E-state index in [1.54, 1.807) is 0 Å². The van der Waals surface area contributed by atoms with Gasteiger partial charge in [0.2, 0.25) is 0 Å². The molecule has 1 atom stereocenters. The molecule has 0 spiro atoms. The molecule has 1 aliphatic rings. The van der Waals surface area contributed by atoms with Crippen LogP contribution in [-0.2, 0) is 0 Å². The molecule has 0 heterocycles. The molecule has 2 nitrogen and oxygen atoms in total. The summed E-state index contributed by atoms with van der Waals surface area (Å²) in [7, 11) is 0. The predicted molar refractivity (Wildman–Crippen MR) is 140 cm³/mol. The molecule has 0 saturated heterocycles. The van der Waals surface area contributed by atoms with E-state index in [0.717, 1.165) is 38.0 Å². The molecule has 178 valence electrons. The van der Waals surface area contributed by atoms with Crippen LogP contribution in [0.25, 0.3) is 0 Å². The fourth-order valence-electron chi connectivity index (χ4n) is 4.67. The van der Waals surface area contributed by atoms with Crippen LogP contribution in [0.4, 0.5) is 0 Å². The van der Waals surface area contributed by atoms with Gasteiger partial charge in [0.05, 0.1) is 0 Å². The third-order valence-electron chi connectivity index (χ3n) is 6.95. The van der Waals surface area contributed by atoms with Gasteiger partial charge in [-0.1, -0.05) is 77.8 Å². The Morgan fingerprint density at radius 2 is 1.81 bits per heavy atom. The number of nitrogens with one attached hydrogen (secondary N) is 2. The lowest BCUT2D eigenvalue weighted by Gasteiger charge is -2.38. The van der Waals surface area contributed by atoms with Crippen LogP contribution in [0.1, 0.15) is 107 Å². The molecule has 0 aromatic carbocycles. The van der Waals surface area contributed by atoms with Crippen molar-refractivity contribution in [3.63, 3.8) is 0 Å². The maximum Gasteiger partial charge on any atom is 0.0345 e. The molecule has 0 amide bonds. The smallest absolute Gasteiger partial charge is 0.0345 e. The van der Waals surface area contributed by atoms with Gasteiger partial charge in [0.15, 0.2) is 0 Å². The lowest BCUT2D eigenvalue weighted by Crippen LogP contribution is -2.36. The third-order valence-corrected chi connectivity index (χ3v) is 6.95. The Morgan fingerprint density at radius 1 is 1.13 bits per heavy atom. The molecule has 0 aromatic heterocycles. The number of allylic oxidation sites excluding steroid dienone is 5. The van der Waals surface area contributed by atoms with Crippen LogP contribution in [0.3, 0.4) is 0 Å². The Labute approximate surface area is 194 Å². The van der Waals surface area contributed by atoms with Gasteiger partial charge in [0.25, 0.3) is 0 Å². The average Bonchev–Trinajstić information content (AvgIpc) is 2.68. The molecule has 0 aromatic rings. The van der Waals surface area contributed by atoms with Crippen molar-refractivity contribution in [3.8, 4) is 0 Å². The first-order valence-corrected chi connectivity index (χ1v) is 12.9. The van der Waals surface area contributed by atoms with Crippen molar-refractivity contribution in [2.45, 2.75) is 113 Å². The molecule has 0 radical (unpaired) electrons. The van der Waals surface area contributed by atoms with E-state index in [0.29, 0.717) is 17.4 Å². The molecular formula is C29H52N2. The number of rotatable bonds is 15. The zero-order chi connectivity index (χ0) is 23.4.